The number of amides is 1. The van der Waals surface area contributed by atoms with Gasteiger partial charge in [-0.2, -0.15) is 0 Å². The molecule has 1 aromatic heterocycles. The number of carbonyl (C=O) groups excluding carboxylic acids is 1. The predicted octanol–water partition coefficient (Wildman–Crippen LogP) is 3.08. The van der Waals surface area contributed by atoms with E-state index in [9.17, 15) is 9.18 Å². The van der Waals surface area contributed by atoms with E-state index in [1.54, 1.807) is 24.5 Å². The molecule has 0 aliphatic carbocycles. The lowest BCUT2D eigenvalue weighted by molar-refractivity contribution is -0.120. The minimum atomic E-state index is -0.439. The van der Waals surface area contributed by atoms with Crippen LogP contribution in [0.1, 0.15) is 16.7 Å². The lowest BCUT2D eigenvalue weighted by Crippen LogP contribution is -2.45. The Bertz CT molecular complexity index is 1130. The second kappa shape index (κ2) is 11.9. The Morgan fingerprint density at radius 1 is 1.06 bits per heavy atom. The largest absolute Gasteiger partial charge is 0.492 e. The maximum Gasteiger partial charge on any atom is 0.224 e. The molecule has 8 heteroatoms. The lowest BCUT2D eigenvalue weighted by Gasteiger charge is -2.32. The van der Waals surface area contributed by atoms with Crippen molar-refractivity contribution in [1.82, 2.24) is 25.1 Å². The van der Waals surface area contributed by atoms with Crippen molar-refractivity contribution in [1.29, 1.82) is 0 Å². The SMILES string of the molecule is Cc1cccc(CNC(=O)Cc2cnc(-c3ccc(OCCN4CCN(C)CC4)cc3F)nc2)c1. The smallest absolute Gasteiger partial charge is 0.224 e. The van der Waals surface area contributed by atoms with E-state index in [0.717, 1.165) is 43.9 Å². The van der Waals surface area contributed by atoms with E-state index in [0.29, 0.717) is 30.0 Å². The summed E-state index contributed by atoms with van der Waals surface area (Å²) in [6, 6.07) is 12.7. The van der Waals surface area contributed by atoms with Crippen LogP contribution in [-0.2, 0) is 17.8 Å². The van der Waals surface area contributed by atoms with Gasteiger partial charge in [-0.25, -0.2) is 14.4 Å². The van der Waals surface area contributed by atoms with Crippen LogP contribution in [0.15, 0.2) is 54.9 Å². The third-order valence-electron chi connectivity index (χ3n) is 6.10. The highest BCUT2D eigenvalue weighted by molar-refractivity contribution is 5.78. The van der Waals surface area contributed by atoms with Crippen LogP contribution in [-0.4, -0.2) is 72.1 Å². The third kappa shape index (κ3) is 7.31. The van der Waals surface area contributed by atoms with Crippen LogP contribution in [0.2, 0.25) is 0 Å². The lowest BCUT2D eigenvalue weighted by atomic mass is 10.1. The number of piperazine rings is 1. The number of hydrogen-bond donors (Lipinski definition) is 1. The predicted molar refractivity (Wildman–Crippen MR) is 134 cm³/mol. The van der Waals surface area contributed by atoms with Crippen molar-refractivity contribution in [3.05, 3.63) is 77.4 Å². The standard InChI is InChI=1S/C27H32FN5O2/c1-20-4-3-5-21(14-20)17-29-26(34)15-22-18-30-27(31-19-22)24-7-6-23(16-25(24)28)35-13-12-33-10-8-32(2)9-11-33/h3-7,14,16,18-19H,8-13,15,17H2,1-2H3,(H,29,34). The normalized spacial score (nSPS) is 14.6. The van der Waals surface area contributed by atoms with Gasteiger partial charge in [0.15, 0.2) is 5.82 Å². The first kappa shape index (κ1) is 24.8. The molecule has 1 amide bonds. The highest BCUT2D eigenvalue weighted by atomic mass is 19.1. The first-order chi connectivity index (χ1) is 17.0. The number of benzene rings is 2. The molecule has 184 valence electrons. The van der Waals surface area contributed by atoms with Gasteiger partial charge in [0.25, 0.3) is 0 Å². The fraction of sp³-hybridized carbons (Fsp3) is 0.370. The van der Waals surface area contributed by atoms with Crippen LogP contribution in [0.3, 0.4) is 0 Å². The minimum Gasteiger partial charge on any atom is -0.492 e. The van der Waals surface area contributed by atoms with Crippen molar-refractivity contribution in [3.8, 4) is 17.1 Å². The molecule has 4 rings (SSSR count). The molecule has 1 saturated heterocycles. The van der Waals surface area contributed by atoms with E-state index in [1.807, 2.05) is 31.2 Å². The molecule has 2 heterocycles. The van der Waals surface area contributed by atoms with Crippen molar-refractivity contribution in [2.45, 2.75) is 19.9 Å². The number of aromatic nitrogens is 2. The molecule has 0 atom stereocenters. The number of likely N-dealkylation sites (N-methyl/N-ethyl adjacent to an activating group) is 1. The molecule has 0 radical (unpaired) electrons. The Kier molecular flexibility index (Phi) is 8.39. The Morgan fingerprint density at radius 2 is 1.83 bits per heavy atom. The molecule has 7 nitrogen and oxygen atoms in total. The van der Waals surface area contributed by atoms with Crippen molar-refractivity contribution in [2.75, 3.05) is 46.4 Å². The number of aryl methyl sites for hydroxylation is 1. The molecular weight excluding hydrogens is 445 g/mol. The van der Waals surface area contributed by atoms with Crippen LogP contribution in [0.4, 0.5) is 4.39 Å². The maximum atomic E-state index is 14.7. The summed E-state index contributed by atoms with van der Waals surface area (Å²) in [7, 11) is 2.13. The van der Waals surface area contributed by atoms with Gasteiger partial charge in [-0.15, -0.1) is 0 Å². The van der Waals surface area contributed by atoms with Crippen molar-refractivity contribution >= 4 is 5.91 Å². The Hall–Kier alpha value is -3.36. The summed E-state index contributed by atoms with van der Waals surface area (Å²) in [5.74, 6) is 0.204. The van der Waals surface area contributed by atoms with Gasteiger partial charge in [-0.1, -0.05) is 29.8 Å². The number of nitrogens with one attached hydrogen (secondary N) is 1. The number of halogens is 1. The molecule has 1 aliphatic rings. The van der Waals surface area contributed by atoms with Crippen LogP contribution >= 0.6 is 0 Å². The van der Waals surface area contributed by atoms with Crippen LogP contribution < -0.4 is 10.1 Å². The second-order valence-corrected chi connectivity index (χ2v) is 8.99. The average Bonchev–Trinajstić information content (AvgIpc) is 2.85. The zero-order valence-corrected chi connectivity index (χ0v) is 20.3. The number of carbonyl (C=O) groups is 1. The summed E-state index contributed by atoms with van der Waals surface area (Å²) in [6.07, 6.45) is 3.29. The summed E-state index contributed by atoms with van der Waals surface area (Å²) in [6.45, 7) is 7.97. The molecule has 0 bridgehead atoms. The molecule has 2 aromatic carbocycles. The summed E-state index contributed by atoms with van der Waals surface area (Å²) in [5.41, 5.74) is 3.16. The highest BCUT2D eigenvalue weighted by Gasteiger charge is 2.14. The monoisotopic (exact) mass is 477 g/mol. The van der Waals surface area contributed by atoms with E-state index in [1.165, 1.54) is 6.07 Å². The van der Waals surface area contributed by atoms with Crippen LogP contribution in [0.5, 0.6) is 5.75 Å². The van der Waals surface area contributed by atoms with Gasteiger partial charge in [-0.05, 0) is 37.2 Å². The summed E-state index contributed by atoms with van der Waals surface area (Å²) < 4.78 is 20.5. The fourth-order valence-corrected chi connectivity index (χ4v) is 3.99. The zero-order valence-electron chi connectivity index (χ0n) is 20.3. The van der Waals surface area contributed by atoms with Gasteiger partial charge < -0.3 is 15.0 Å². The molecule has 0 unspecified atom stereocenters. The van der Waals surface area contributed by atoms with Gasteiger partial charge in [0, 0.05) is 57.7 Å². The molecule has 1 N–H and O–H groups in total. The first-order valence-corrected chi connectivity index (χ1v) is 11.9. The van der Waals surface area contributed by atoms with Crippen molar-refractivity contribution < 1.29 is 13.9 Å². The first-order valence-electron chi connectivity index (χ1n) is 11.9. The Balaban J connectivity index is 1.26. The van der Waals surface area contributed by atoms with Crippen LogP contribution in [0, 0.1) is 12.7 Å². The number of nitrogens with zero attached hydrogens (tertiary/aromatic N) is 4. The fourth-order valence-electron chi connectivity index (χ4n) is 3.99. The molecular formula is C27H32FN5O2. The highest BCUT2D eigenvalue weighted by Crippen LogP contribution is 2.23. The minimum absolute atomic E-state index is 0.118. The number of hydrogen-bond acceptors (Lipinski definition) is 6. The van der Waals surface area contributed by atoms with E-state index >= 15 is 0 Å². The van der Waals surface area contributed by atoms with E-state index < -0.39 is 5.82 Å². The van der Waals surface area contributed by atoms with Gasteiger partial charge >= 0.3 is 0 Å². The number of ether oxygens (including phenoxy) is 1. The van der Waals surface area contributed by atoms with Crippen molar-refractivity contribution in [2.24, 2.45) is 0 Å². The Labute approximate surface area is 206 Å². The van der Waals surface area contributed by atoms with Crippen molar-refractivity contribution in [3.63, 3.8) is 0 Å². The molecule has 1 aliphatic heterocycles. The molecule has 0 spiro atoms. The van der Waals surface area contributed by atoms with Gasteiger partial charge in [0.05, 0.1) is 12.0 Å². The molecule has 35 heavy (non-hydrogen) atoms. The van der Waals surface area contributed by atoms with Gasteiger partial charge in [0.2, 0.25) is 5.91 Å². The summed E-state index contributed by atoms with van der Waals surface area (Å²) in [4.78, 5) is 25.5. The van der Waals surface area contributed by atoms with E-state index in [-0.39, 0.29) is 18.2 Å². The van der Waals surface area contributed by atoms with E-state index in [2.05, 4.69) is 32.1 Å². The van der Waals surface area contributed by atoms with Gasteiger partial charge in [0.1, 0.15) is 18.2 Å². The maximum absolute atomic E-state index is 14.7. The van der Waals surface area contributed by atoms with Gasteiger partial charge in [-0.3, -0.25) is 9.69 Å². The quantitative estimate of drug-likeness (QED) is 0.511. The topological polar surface area (TPSA) is 70.6 Å². The molecule has 1 fully saturated rings. The number of rotatable bonds is 9. The molecule has 3 aromatic rings. The third-order valence-corrected chi connectivity index (χ3v) is 6.10. The average molecular weight is 478 g/mol. The summed E-state index contributed by atoms with van der Waals surface area (Å²) in [5, 5.41) is 2.90. The Morgan fingerprint density at radius 3 is 2.54 bits per heavy atom. The van der Waals surface area contributed by atoms with Crippen LogP contribution in [0.25, 0.3) is 11.4 Å². The second-order valence-electron chi connectivity index (χ2n) is 8.99. The molecule has 0 saturated carbocycles. The zero-order chi connectivity index (χ0) is 24.6. The van der Waals surface area contributed by atoms with E-state index in [4.69, 9.17) is 4.74 Å². The summed E-state index contributed by atoms with van der Waals surface area (Å²) >= 11 is 0.